The molecule has 6 heteroatoms. The van der Waals surface area contributed by atoms with Gasteiger partial charge in [-0.2, -0.15) is 0 Å². The van der Waals surface area contributed by atoms with Crippen LogP contribution in [0, 0.1) is 3.57 Å². The summed E-state index contributed by atoms with van der Waals surface area (Å²) < 4.78 is 12.6. The first-order valence-electron chi connectivity index (χ1n) is 6.83. The number of rotatable bonds is 2. The highest BCUT2D eigenvalue weighted by molar-refractivity contribution is 14.1. The van der Waals surface area contributed by atoms with Crippen LogP contribution in [0.1, 0.15) is 36.4 Å². The van der Waals surface area contributed by atoms with Gasteiger partial charge in [0.2, 0.25) is 0 Å². The fourth-order valence-corrected chi connectivity index (χ4v) is 3.24. The van der Waals surface area contributed by atoms with Gasteiger partial charge in [0, 0.05) is 5.92 Å². The number of benzene rings is 1. The van der Waals surface area contributed by atoms with E-state index in [2.05, 4.69) is 32.6 Å². The molecular formula is C15H12ClIN2O2. The predicted octanol–water partition coefficient (Wildman–Crippen LogP) is 4.12. The molecule has 1 fully saturated rings. The Morgan fingerprint density at radius 1 is 1.14 bits per heavy atom. The lowest BCUT2D eigenvalue weighted by molar-refractivity contribution is 0.0848. The number of aromatic nitrogens is 2. The average Bonchev–Trinajstić information content (AvgIpc) is 3.34. The fourth-order valence-electron chi connectivity index (χ4n) is 2.37. The highest BCUT2D eigenvalue weighted by atomic mass is 127. The molecule has 1 saturated carbocycles. The van der Waals surface area contributed by atoms with Crippen LogP contribution in [0.5, 0.6) is 11.5 Å². The molecule has 21 heavy (non-hydrogen) atoms. The highest BCUT2D eigenvalue weighted by Gasteiger charge is 2.32. The fraction of sp³-hybridized carbons (Fsp3) is 0.333. The van der Waals surface area contributed by atoms with Crippen LogP contribution in [-0.2, 0) is 0 Å². The summed E-state index contributed by atoms with van der Waals surface area (Å²) in [5.41, 5.74) is 1.05. The van der Waals surface area contributed by atoms with E-state index >= 15 is 0 Å². The molecule has 0 bridgehead atoms. The molecule has 0 N–H and O–H groups in total. The van der Waals surface area contributed by atoms with Crippen molar-refractivity contribution < 1.29 is 9.47 Å². The Kier molecular flexibility index (Phi) is 3.41. The Hall–Kier alpha value is -1.08. The molecular weight excluding hydrogens is 403 g/mol. The summed E-state index contributed by atoms with van der Waals surface area (Å²) in [5, 5.41) is 0.505. The van der Waals surface area contributed by atoms with Gasteiger partial charge in [0.25, 0.3) is 0 Å². The number of ether oxygens (including phenoxy) is 2. The van der Waals surface area contributed by atoms with Crippen LogP contribution < -0.4 is 9.47 Å². The molecule has 1 aromatic heterocycles. The molecule has 2 aliphatic rings. The van der Waals surface area contributed by atoms with E-state index in [1.807, 2.05) is 24.3 Å². The number of hydrogen-bond donors (Lipinski definition) is 0. The predicted molar refractivity (Wildman–Crippen MR) is 87.0 cm³/mol. The lowest BCUT2D eigenvalue weighted by Gasteiger charge is -2.25. The summed E-state index contributed by atoms with van der Waals surface area (Å²) in [6, 6.07) is 7.62. The summed E-state index contributed by atoms with van der Waals surface area (Å²) in [6.45, 7) is 0.401. The van der Waals surface area contributed by atoms with Gasteiger partial charge in [0.1, 0.15) is 11.8 Å². The van der Waals surface area contributed by atoms with Crippen molar-refractivity contribution >= 4 is 34.2 Å². The third-order valence-corrected chi connectivity index (χ3v) is 5.27. The Morgan fingerprint density at radius 2 is 1.90 bits per heavy atom. The van der Waals surface area contributed by atoms with Gasteiger partial charge in [-0.25, -0.2) is 9.97 Å². The van der Waals surface area contributed by atoms with Crippen molar-refractivity contribution in [1.82, 2.24) is 9.97 Å². The smallest absolute Gasteiger partial charge is 0.192 e. The van der Waals surface area contributed by atoms with Gasteiger partial charge in [-0.15, -0.1) is 0 Å². The molecule has 0 amide bonds. The SMILES string of the molecule is Clc1nc(C2COc3ccccc3O2)nc(C2CC2)c1I. The first-order chi connectivity index (χ1) is 10.2. The third kappa shape index (κ3) is 2.57. The van der Waals surface area contributed by atoms with Gasteiger partial charge < -0.3 is 9.47 Å². The highest BCUT2D eigenvalue weighted by Crippen LogP contribution is 2.43. The van der Waals surface area contributed by atoms with Crippen LogP contribution in [0.15, 0.2) is 24.3 Å². The van der Waals surface area contributed by atoms with Crippen LogP contribution >= 0.6 is 34.2 Å². The standard InChI is InChI=1S/C15H12ClIN2O2/c16-14-12(17)13(8-5-6-8)18-15(19-14)11-7-20-9-3-1-2-4-10(9)21-11/h1-4,8,11H,5-7H2. The van der Waals surface area contributed by atoms with Crippen LogP contribution in [0.4, 0.5) is 0 Å². The molecule has 1 aliphatic heterocycles. The third-order valence-electron chi connectivity index (χ3n) is 3.61. The van der Waals surface area contributed by atoms with E-state index in [0.29, 0.717) is 23.5 Å². The molecule has 0 radical (unpaired) electrons. The van der Waals surface area contributed by atoms with Crippen LogP contribution in [-0.4, -0.2) is 16.6 Å². The molecule has 2 aromatic rings. The van der Waals surface area contributed by atoms with E-state index in [9.17, 15) is 0 Å². The quantitative estimate of drug-likeness (QED) is 0.548. The maximum absolute atomic E-state index is 6.26. The van der Waals surface area contributed by atoms with Gasteiger partial charge in [0.05, 0.1) is 9.26 Å². The van der Waals surface area contributed by atoms with Crippen molar-refractivity contribution in [2.75, 3.05) is 6.61 Å². The van der Waals surface area contributed by atoms with Gasteiger partial charge in [-0.1, -0.05) is 23.7 Å². The van der Waals surface area contributed by atoms with E-state index < -0.39 is 0 Å². The molecule has 1 aromatic carbocycles. The van der Waals surface area contributed by atoms with E-state index in [4.69, 9.17) is 21.1 Å². The molecule has 0 spiro atoms. The van der Waals surface area contributed by atoms with Crippen molar-refractivity contribution in [3.63, 3.8) is 0 Å². The number of nitrogens with zero attached hydrogens (tertiary/aromatic N) is 2. The van der Waals surface area contributed by atoms with Crippen LogP contribution in [0.3, 0.4) is 0 Å². The maximum Gasteiger partial charge on any atom is 0.192 e. The Labute approximate surface area is 141 Å². The van der Waals surface area contributed by atoms with E-state index in [1.54, 1.807) is 0 Å². The Balaban J connectivity index is 1.68. The summed E-state index contributed by atoms with van der Waals surface area (Å²) in [4.78, 5) is 9.07. The molecule has 1 aliphatic carbocycles. The number of hydrogen-bond acceptors (Lipinski definition) is 4. The van der Waals surface area contributed by atoms with E-state index in [-0.39, 0.29) is 6.10 Å². The van der Waals surface area contributed by atoms with Gasteiger partial charge >= 0.3 is 0 Å². The molecule has 0 saturated heterocycles. The lowest BCUT2D eigenvalue weighted by atomic mass is 10.2. The summed E-state index contributed by atoms with van der Waals surface area (Å²) in [5.74, 6) is 2.61. The molecule has 1 atom stereocenters. The largest absolute Gasteiger partial charge is 0.485 e. The second-order valence-electron chi connectivity index (χ2n) is 5.21. The molecule has 1 unspecified atom stereocenters. The minimum Gasteiger partial charge on any atom is -0.485 e. The normalized spacial score (nSPS) is 20.4. The first-order valence-corrected chi connectivity index (χ1v) is 8.29. The summed E-state index contributed by atoms with van der Waals surface area (Å²) >= 11 is 8.47. The minimum absolute atomic E-state index is 0.313. The number of fused-ring (bicyclic) bond motifs is 1. The topological polar surface area (TPSA) is 44.2 Å². The van der Waals surface area contributed by atoms with Crippen molar-refractivity contribution in [2.45, 2.75) is 24.9 Å². The van der Waals surface area contributed by atoms with E-state index in [1.165, 1.54) is 12.8 Å². The first kappa shape index (κ1) is 13.6. The molecule has 4 nitrogen and oxygen atoms in total. The monoisotopic (exact) mass is 414 g/mol. The van der Waals surface area contributed by atoms with Gasteiger partial charge in [-0.3, -0.25) is 0 Å². The van der Waals surface area contributed by atoms with E-state index in [0.717, 1.165) is 20.8 Å². The maximum atomic E-state index is 6.26. The van der Waals surface area contributed by atoms with Crippen molar-refractivity contribution in [3.8, 4) is 11.5 Å². The summed E-state index contributed by atoms with van der Waals surface area (Å²) in [7, 11) is 0. The molecule has 108 valence electrons. The number of halogens is 2. The molecule has 4 rings (SSSR count). The van der Waals surface area contributed by atoms with Crippen molar-refractivity contribution in [3.05, 3.63) is 44.5 Å². The molecule has 2 heterocycles. The summed E-state index contributed by atoms with van der Waals surface area (Å²) in [6.07, 6.45) is 2.04. The van der Waals surface area contributed by atoms with Gasteiger partial charge in [-0.05, 0) is 47.6 Å². The van der Waals surface area contributed by atoms with Crippen molar-refractivity contribution in [1.29, 1.82) is 0 Å². The van der Waals surface area contributed by atoms with Crippen molar-refractivity contribution in [2.24, 2.45) is 0 Å². The zero-order valence-corrected chi connectivity index (χ0v) is 14.0. The zero-order valence-electron chi connectivity index (χ0n) is 11.1. The van der Waals surface area contributed by atoms with Gasteiger partial charge in [0.15, 0.2) is 23.4 Å². The second kappa shape index (κ2) is 5.28. The zero-order chi connectivity index (χ0) is 14.4. The Bertz CT molecular complexity index is 706. The van der Waals surface area contributed by atoms with Crippen LogP contribution in [0.2, 0.25) is 5.15 Å². The second-order valence-corrected chi connectivity index (χ2v) is 6.65. The lowest BCUT2D eigenvalue weighted by Crippen LogP contribution is -2.24. The Morgan fingerprint density at radius 3 is 2.67 bits per heavy atom. The van der Waals surface area contributed by atoms with Crippen LogP contribution in [0.25, 0.3) is 0 Å². The minimum atomic E-state index is -0.313. The average molecular weight is 415 g/mol. The number of para-hydroxylation sites is 2.